The summed E-state index contributed by atoms with van der Waals surface area (Å²) >= 11 is 0. The van der Waals surface area contributed by atoms with E-state index in [-0.39, 0.29) is 0 Å². The van der Waals surface area contributed by atoms with Gasteiger partial charge < -0.3 is 4.90 Å². The summed E-state index contributed by atoms with van der Waals surface area (Å²) in [7, 11) is 0. The molecule has 0 unspecified atom stereocenters. The van der Waals surface area contributed by atoms with Crippen molar-refractivity contribution in [2.45, 2.75) is 0 Å². The van der Waals surface area contributed by atoms with Crippen LogP contribution in [0.1, 0.15) is 0 Å². The molecule has 0 N–H and O–H groups in total. The van der Waals surface area contributed by atoms with E-state index >= 15 is 0 Å². The summed E-state index contributed by atoms with van der Waals surface area (Å²) in [6.45, 7) is 0. The largest absolute Gasteiger partial charge is 0.310 e. The third kappa shape index (κ3) is 6.83. The fraction of sp³-hybridized carbons (Fsp3) is 0. The van der Waals surface area contributed by atoms with Crippen LogP contribution in [0.3, 0.4) is 0 Å². The molecule has 0 saturated heterocycles. The third-order valence-corrected chi connectivity index (χ3v) is 12.1. The highest BCUT2D eigenvalue weighted by atomic mass is 15.1. The Morgan fingerprint density at radius 3 is 1.11 bits per heavy atom. The Labute approximate surface area is 357 Å². The fourth-order valence-corrected chi connectivity index (χ4v) is 9.02. The van der Waals surface area contributed by atoms with Crippen LogP contribution in [0.2, 0.25) is 0 Å². The van der Waals surface area contributed by atoms with Gasteiger partial charge in [-0.15, -0.1) is 0 Å². The molecule has 0 spiro atoms. The lowest BCUT2D eigenvalue weighted by Gasteiger charge is -2.28. The molecule has 0 heterocycles. The van der Waals surface area contributed by atoms with E-state index in [1.54, 1.807) is 0 Å². The average Bonchev–Trinajstić information content (AvgIpc) is 3.35. The smallest absolute Gasteiger partial charge is 0.0546 e. The molecule has 0 aromatic heterocycles. The van der Waals surface area contributed by atoms with Gasteiger partial charge in [0, 0.05) is 16.8 Å². The first-order chi connectivity index (χ1) is 30.2. The maximum Gasteiger partial charge on any atom is 0.0546 e. The van der Waals surface area contributed by atoms with E-state index in [0.29, 0.717) is 0 Å². The molecular formula is C60H41N. The van der Waals surface area contributed by atoms with E-state index in [2.05, 4.69) is 254 Å². The van der Waals surface area contributed by atoms with E-state index in [4.69, 9.17) is 0 Å². The molecule has 11 aromatic rings. The van der Waals surface area contributed by atoms with Crippen LogP contribution in [0.15, 0.2) is 249 Å². The van der Waals surface area contributed by atoms with E-state index in [1.807, 2.05) is 0 Å². The molecule has 0 radical (unpaired) electrons. The zero-order valence-electron chi connectivity index (χ0n) is 33.6. The molecule has 1 heteroatoms. The molecule has 0 aliphatic carbocycles. The summed E-state index contributed by atoms with van der Waals surface area (Å²) in [4.78, 5) is 2.42. The van der Waals surface area contributed by atoms with E-state index in [9.17, 15) is 0 Å². The highest BCUT2D eigenvalue weighted by Gasteiger charge is 2.19. The van der Waals surface area contributed by atoms with Crippen LogP contribution >= 0.6 is 0 Å². The number of anilines is 3. The molecule has 11 aromatic carbocycles. The monoisotopic (exact) mass is 775 g/mol. The Morgan fingerprint density at radius 1 is 0.230 bits per heavy atom. The van der Waals surface area contributed by atoms with E-state index in [1.165, 1.54) is 88.0 Å². The Morgan fingerprint density at radius 2 is 0.590 bits per heavy atom. The minimum Gasteiger partial charge on any atom is -0.310 e. The highest BCUT2D eigenvalue weighted by Crippen LogP contribution is 2.44. The van der Waals surface area contributed by atoms with Crippen LogP contribution in [-0.2, 0) is 0 Å². The van der Waals surface area contributed by atoms with Gasteiger partial charge in [0.25, 0.3) is 0 Å². The van der Waals surface area contributed by atoms with Gasteiger partial charge in [0.15, 0.2) is 0 Å². The zero-order valence-corrected chi connectivity index (χ0v) is 33.6. The van der Waals surface area contributed by atoms with Crippen molar-refractivity contribution in [2.24, 2.45) is 0 Å². The minimum absolute atomic E-state index is 1.10. The third-order valence-electron chi connectivity index (χ3n) is 12.1. The van der Waals surface area contributed by atoms with Gasteiger partial charge in [-0.1, -0.05) is 218 Å². The van der Waals surface area contributed by atoms with Crippen molar-refractivity contribution < 1.29 is 0 Å². The SMILES string of the molecule is c1ccc(-c2ccc(-c3ccc(-c4ccc(N(c5ccc(-c6cccc7cccc(-c8ccccc8)c67)cc5)c5cc6ccccc6c6ccccc56)cc4)cc3)cc2)cc1. The molecule has 0 bridgehead atoms. The average molecular weight is 776 g/mol. The molecule has 61 heavy (non-hydrogen) atoms. The van der Waals surface area contributed by atoms with E-state index < -0.39 is 0 Å². The first kappa shape index (κ1) is 36.1. The number of hydrogen-bond donors (Lipinski definition) is 0. The molecule has 0 aliphatic rings. The second-order valence-electron chi connectivity index (χ2n) is 15.7. The Bertz CT molecular complexity index is 3290. The Balaban J connectivity index is 0.975. The fourth-order valence-electron chi connectivity index (χ4n) is 9.02. The van der Waals surface area contributed by atoms with Crippen molar-refractivity contribution in [3.05, 3.63) is 249 Å². The standard InChI is InChI=1S/C60H41N/c1-3-13-42(14-4-1)43-25-27-44(28-26-43)45-29-31-46(32-30-45)47-33-37-52(38-34-47)61(59-41-51-17-7-8-20-54(51)57-21-9-10-22-58(57)59)53-39-35-49(36-40-53)56-24-12-19-50-18-11-23-55(60(50)56)48-15-5-2-6-16-48/h1-41H. The van der Waals surface area contributed by atoms with Gasteiger partial charge in [0.05, 0.1) is 5.69 Å². The minimum atomic E-state index is 1.10. The van der Waals surface area contributed by atoms with Crippen LogP contribution in [0.5, 0.6) is 0 Å². The Kier molecular flexibility index (Phi) is 9.26. The van der Waals surface area contributed by atoms with Gasteiger partial charge in [-0.3, -0.25) is 0 Å². The van der Waals surface area contributed by atoms with Gasteiger partial charge in [0.2, 0.25) is 0 Å². The molecule has 0 aliphatic heterocycles. The van der Waals surface area contributed by atoms with Crippen molar-refractivity contribution in [2.75, 3.05) is 4.90 Å². The number of fused-ring (bicyclic) bond motifs is 4. The molecule has 0 fully saturated rings. The molecule has 11 rings (SSSR count). The molecule has 0 saturated carbocycles. The van der Waals surface area contributed by atoms with Crippen LogP contribution in [0.25, 0.3) is 88.0 Å². The number of benzene rings is 11. The molecule has 1 nitrogen and oxygen atoms in total. The Hall–Kier alpha value is -8.00. The lowest BCUT2D eigenvalue weighted by atomic mass is 9.91. The van der Waals surface area contributed by atoms with Gasteiger partial charge in [-0.25, -0.2) is 0 Å². The lowest BCUT2D eigenvalue weighted by molar-refractivity contribution is 1.30. The summed E-state index contributed by atoms with van der Waals surface area (Å²) in [5, 5.41) is 7.43. The van der Waals surface area contributed by atoms with Gasteiger partial charge in [-0.2, -0.15) is 0 Å². The van der Waals surface area contributed by atoms with Crippen LogP contribution in [-0.4, -0.2) is 0 Å². The van der Waals surface area contributed by atoms with Crippen molar-refractivity contribution >= 4 is 49.4 Å². The topological polar surface area (TPSA) is 3.24 Å². The van der Waals surface area contributed by atoms with Crippen LogP contribution in [0.4, 0.5) is 17.1 Å². The van der Waals surface area contributed by atoms with E-state index in [0.717, 1.165) is 17.1 Å². The quantitative estimate of drug-likeness (QED) is 0.139. The highest BCUT2D eigenvalue weighted by molar-refractivity contribution is 6.14. The molecule has 0 atom stereocenters. The van der Waals surface area contributed by atoms with Crippen molar-refractivity contribution in [1.82, 2.24) is 0 Å². The molecule has 0 amide bonds. The summed E-state index contributed by atoms with van der Waals surface area (Å²) in [6, 6.07) is 90.3. The normalized spacial score (nSPS) is 11.3. The first-order valence-corrected chi connectivity index (χ1v) is 21.0. The first-order valence-electron chi connectivity index (χ1n) is 21.0. The summed E-state index contributed by atoms with van der Waals surface area (Å²) in [5.41, 5.74) is 15.5. The van der Waals surface area contributed by atoms with Crippen LogP contribution < -0.4 is 4.90 Å². The molecular weight excluding hydrogens is 735 g/mol. The van der Waals surface area contributed by atoms with Crippen molar-refractivity contribution in [3.63, 3.8) is 0 Å². The molecule has 286 valence electrons. The van der Waals surface area contributed by atoms with Gasteiger partial charge in [0.1, 0.15) is 0 Å². The summed E-state index contributed by atoms with van der Waals surface area (Å²) < 4.78 is 0. The lowest BCUT2D eigenvalue weighted by Crippen LogP contribution is -2.10. The van der Waals surface area contributed by atoms with Crippen molar-refractivity contribution in [1.29, 1.82) is 0 Å². The second-order valence-corrected chi connectivity index (χ2v) is 15.7. The number of rotatable bonds is 8. The van der Waals surface area contributed by atoms with Crippen LogP contribution in [0, 0.1) is 0 Å². The maximum atomic E-state index is 2.42. The maximum absolute atomic E-state index is 2.42. The van der Waals surface area contributed by atoms with Gasteiger partial charge in [-0.05, 0) is 113 Å². The predicted octanol–water partition coefficient (Wildman–Crippen LogP) is 17.0. The number of hydrogen-bond acceptors (Lipinski definition) is 1. The van der Waals surface area contributed by atoms with Gasteiger partial charge >= 0.3 is 0 Å². The predicted molar refractivity (Wildman–Crippen MR) is 261 cm³/mol. The second kappa shape index (κ2) is 15.6. The summed E-state index contributed by atoms with van der Waals surface area (Å²) in [5.74, 6) is 0. The van der Waals surface area contributed by atoms with Crippen molar-refractivity contribution in [3.8, 4) is 55.6 Å². The number of nitrogens with zero attached hydrogens (tertiary/aromatic N) is 1. The summed E-state index contributed by atoms with van der Waals surface area (Å²) in [6.07, 6.45) is 0. The zero-order chi connectivity index (χ0) is 40.5.